The van der Waals surface area contributed by atoms with Gasteiger partial charge in [0.15, 0.2) is 5.13 Å². The summed E-state index contributed by atoms with van der Waals surface area (Å²) in [5.74, 6) is -0.237. The minimum Gasteiger partial charge on any atom is -0.357 e. The van der Waals surface area contributed by atoms with Crippen molar-refractivity contribution in [3.05, 3.63) is 53.4 Å². The molecule has 20 heavy (non-hydrogen) atoms. The zero-order chi connectivity index (χ0) is 13.9. The SMILES string of the molecule is Cn1cc(CNc2nc(-c3ccc(F)cc3)cs2)cn1. The molecule has 2 aromatic heterocycles. The van der Waals surface area contributed by atoms with E-state index in [-0.39, 0.29) is 5.82 Å². The van der Waals surface area contributed by atoms with Crippen LogP contribution in [-0.2, 0) is 13.6 Å². The normalized spacial score (nSPS) is 10.7. The molecule has 0 unspecified atom stereocenters. The van der Waals surface area contributed by atoms with Crippen molar-refractivity contribution < 1.29 is 4.39 Å². The Morgan fingerprint density at radius 2 is 2.10 bits per heavy atom. The Balaban J connectivity index is 1.69. The highest BCUT2D eigenvalue weighted by Crippen LogP contribution is 2.25. The van der Waals surface area contributed by atoms with Crippen LogP contribution >= 0.6 is 11.3 Å². The molecule has 0 spiro atoms. The minimum atomic E-state index is -0.237. The van der Waals surface area contributed by atoms with Gasteiger partial charge in [0.05, 0.1) is 11.9 Å². The number of aryl methyl sites for hydroxylation is 1. The van der Waals surface area contributed by atoms with E-state index in [4.69, 9.17) is 0 Å². The number of hydrogen-bond acceptors (Lipinski definition) is 4. The maximum Gasteiger partial charge on any atom is 0.183 e. The number of nitrogens with zero attached hydrogens (tertiary/aromatic N) is 3. The van der Waals surface area contributed by atoms with Crippen LogP contribution in [-0.4, -0.2) is 14.8 Å². The van der Waals surface area contributed by atoms with Gasteiger partial charge in [-0.2, -0.15) is 5.10 Å². The molecule has 0 aliphatic heterocycles. The fourth-order valence-electron chi connectivity index (χ4n) is 1.85. The van der Waals surface area contributed by atoms with E-state index >= 15 is 0 Å². The molecule has 0 radical (unpaired) electrons. The summed E-state index contributed by atoms with van der Waals surface area (Å²) in [5.41, 5.74) is 2.87. The van der Waals surface area contributed by atoms with Gasteiger partial charge in [-0.25, -0.2) is 9.37 Å². The van der Waals surface area contributed by atoms with Crippen LogP contribution < -0.4 is 5.32 Å². The summed E-state index contributed by atoms with van der Waals surface area (Å²) in [6, 6.07) is 6.35. The van der Waals surface area contributed by atoms with Crippen LogP contribution in [0.15, 0.2) is 42.0 Å². The second kappa shape index (κ2) is 5.42. The van der Waals surface area contributed by atoms with Crippen LogP contribution in [0.5, 0.6) is 0 Å². The van der Waals surface area contributed by atoms with Gasteiger partial charge in [-0.15, -0.1) is 11.3 Å². The number of rotatable bonds is 4. The van der Waals surface area contributed by atoms with Gasteiger partial charge in [-0.05, 0) is 24.3 Å². The topological polar surface area (TPSA) is 42.7 Å². The summed E-state index contributed by atoms with van der Waals surface area (Å²) >= 11 is 1.53. The molecule has 6 heteroatoms. The fourth-order valence-corrected chi connectivity index (χ4v) is 2.57. The minimum absolute atomic E-state index is 0.237. The number of thiazole rings is 1. The van der Waals surface area contributed by atoms with E-state index in [1.807, 2.05) is 24.8 Å². The summed E-state index contributed by atoms with van der Waals surface area (Å²) in [6.07, 6.45) is 3.78. The van der Waals surface area contributed by atoms with Gasteiger partial charge in [-0.1, -0.05) is 0 Å². The van der Waals surface area contributed by atoms with Crippen LogP contribution in [0, 0.1) is 5.82 Å². The lowest BCUT2D eigenvalue weighted by Crippen LogP contribution is -1.97. The van der Waals surface area contributed by atoms with E-state index in [1.54, 1.807) is 16.8 Å². The summed E-state index contributed by atoms with van der Waals surface area (Å²) in [7, 11) is 1.89. The predicted octanol–water partition coefficient (Wildman–Crippen LogP) is 3.29. The number of aromatic nitrogens is 3. The van der Waals surface area contributed by atoms with Crippen molar-refractivity contribution in [3.8, 4) is 11.3 Å². The first kappa shape index (κ1) is 12.8. The Bertz CT molecular complexity index is 702. The largest absolute Gasteiger partial charge is 0.357 e. The Kier molecular flexibility index (Phi) is 3.47. The molecule has 4 nitrogen and oxygen atoms in total. The van der Waals surface area contributed by atoms with E-state index in [0.717, 1.165) is 22.0 Å². The lowest BCUT2D eigenvalue weighted by atomic mass is 10.2. The summed E-state index contributed by atoms with van der Waals surface area (Å²) in [5, 5.41) is 10.2. The fraction of sp³-hybridized carbons (Fsp3) is 0.143. The van der Waals surface area contributed by atoms with Gasteiger partial charge in [0.25, 0.3) is 0 Å². The van der Waals surface area contributed by atoms with E-state index in [2.05, 4.69) is 15.4 Å². The van der Waals surface area contributed by atoms with Crippen molar-refractivity contribution in [2.75, 3.05) is 5.32 Å². The molecule has 3 aromatic rings. The van der Waals surface area contributed by atoms with Gasteiger partial charge in [0.2, 0.25) is 0 Å². The molecule has 0 atom stereocenters. The maximum atomic E-state index is 12.9. The second-order valence-electron chi connectivity index (χ2n) is 4.42. The summed E-state index contributed by atoms with van der Waals surface area (Å²) < 4.78 is 14.6. The number of anilines is 1. The first-order valence-corrected chi connectivity index (χ1v) is 7.01. The van der Waals surface area contributed by atoms with Crippen molar-refractivity contribution in [3.63, 3.8) is 0 Å². The van der Waals surface area contributed by atoms with E-state index in [9.17, 15) is 4.39 Å². The van der Waals surface area contributed by atoms with Crippen molar-refractivity contribution in [2.45, 2.75) is 6.54 Å². The zero-order valence-electron chi connectivity index (χ0n) is 10.9. The van der Waals surface area contributed by atoms with Crippen LogP contribution in [0.4, 0.5) is 9.52 Å². The molecule has 0 aliphatic rings. The number of benzene rings is 1. The smallest absolute Gasteiger partial charge is 0.183 e. The van der Waals surface area contributed by atoms with E-state index in [1.165, 1.54) is 23.5 Å². The van der Waals surface area contributed by atoms with Crippen molar-refractivity contribution in [1.29, 1.82) is 0 Å². The maximum absolute atomic E-state index is 12.9. The first-order chi connectivity index (χ1) is 9.70. The molecular formula is C14H13FN4S. The molecule has 0 saturated heterocycles. The molecule has 0 bridgehead atoms. The molecule has 1 aromatic carbocycles. The van der Waals surface area contributed by atoms with Crippen molar-refractivity contribution in [1.82, 2.24) is 14.8 Å². The Hall–Kier alpha value is -2.21. The molecule has 2 heterocycles. The van der Waals surface area contributed by atoms with Gasteiger partial charge >= 0.3 is 0 Å². The Morgan fingerprint density at radius 3 is 2.80 bits per heavy atom. The second-order valence-corrected chi connectivity index (χ2v) is 5.28. The monoisotopic (exact) mass is 288 g/mol. The van der Waals surface area contributed by atoms with Crippen LogP contribution in [0.1, 0.15) is 5.56 Å². The lowest BCUT2D eigenvalue weighted by molar-refractivity contribution is 0.628. The third-order valence-corrected chi connectivity index (χ3v) is 3.65. The highest BCUT2D eigenvalue weighted by atomic mass is 32.1. The number of nitrogens with one attached hydrogen (secondary N) is 1. The first-order valence-electron chi connectivity index (χ1n) is 6.13. The Morgan fingerprint density at radius 1 is 1.30 bits per heavy atom. The van der Waals surface area contributed by atoms with Crippen molar-refractivity contribution in [2.24, 2.45) is 7.05 Å². The van der Waals surface area contributed by atoms with E-state index in [0.29, 0.717) is 6.54 Å². The summed E-state index contributed by atoms with van der Waals surface area (Å²) in [6.45, 7) is 0.685. The average Bonchev–Trinajstić information content (AvgIpc) is 3.06. The van der Waals surface area contributed by atoms with Crippen LogP contribution in [0.25, 0.3) is 11.3 Å². The molecule has 0 fully saturated rings. The lowest BCUT2D eigenvalue weighted by Gasteiger charge is -1.99. The molecule has 0 aliphatic carbocycles. The third kappa shape index (κ3) is 2.85. The van der Waals surface area contributed by atoms with Gasteiger partial charge in [-0.3, -0.25) is 4.68 Å². The molecule has 1 N–H and O–H groups in total. The highest BCUT2D eigenvalue weighted by molar-refractivity contribution is 7.14. The molecule has 0 amide bonds. The van der Waals surface area contributed by atoms with Gasteiger partial charge < -0.3 is 5.32 Å². The van der Waals surface area contributed by atoms with Crippen LogP contribution in [0.2, 0.25) is 0 Å². The predicted molar refractivity (Wildman–Crippen MR) is 78.0 cm³/mol. The molecule has 3 rings (SSSR count). The van der Waals surface area contributed by atoms with E-state index < -0.39 is 0 Å². The number of halogens is 1. The standard InChI is InChI=1S/C14H13FN4S/c1-19-8-10(7-17-19)6-16-14-18-13(9-20-14)11-2-4-12(15)5-3-11/h2-5,7-9H,6H2,1H3,(H,16,18). The zero-order valence-corrected chi connectivity index (χ0v) is 11.7. The number of hydrogen-bond donors (Lipinski definition) is 1. The van der Waals surface area contributed by atoms with Gasteiger partial charge in [0.1, 0.15) is 5.82 Å². The Labute approximate surface area is 119 Å². The highest BCUT2D eigenvalue weighted by Gasteiger charge is 2.05. The van der Waals surface area contributed by atoms with Gasteiger partial charge in [0, 0.05) is 36.3 Å². The van der Waals surface area contributed by atoms with Crippen LogP contribution in [0.3, 0.4) is 0 Å². The molecule has 0 saturated carbocycles. The quantitative estimate of drug-likeness (QED) is 0.801. The average molecular weight is 288 g/mol. The molecular weight excluding hydrogens is 275 g/mol. The molecule has 102 valence electrons. The summed E-state index contributed by atoms with van der Waals surface area (Å²) in [4.78, 5) is 4.49. The third-order valence-electron chi connectivity index (χ3n) is 2.85. The van der Waals surface area contributed by atoms with Crippen molar-refractivity contribution >= 4 is 16.5 Å².